The molecular weight excluding hydrogens is 214 g/mol. The summed E-state index contributed by atoms with van der Waals surface area (Å²) >= 11 is 0. The third-order valence-electron chi connectivity index (χ3n) is 2.72. The van der Waals surface area contributed by atoms with Gasteiger partial charge in [-0.1, -0.05) is 0 Å². The van der Waals surface area contributed by atoms with E-state index in [9.17, 15) is 0 Å². The third-order valence-corrected chi connectivity index (χ3v) is 2.72. The molecule has 90 valence electrons. The van der Waals surface area contributed by atoms with Crippen molar-refractivity contribution in [2.45, 2.75) is 20.4 Å². The normalized spacial score (nSPS) is 10.8. The van der Waals surface area contributed by atoms with E-state index in [4.69, 9.17) is 0 Å². The Balaban J connectivity index is 2.45. The van der Waals surface area contributed by atoms with Crippen LogP contribution in [0.3, 0.4) is 0 Å². The van der Waals surface area contributed by atoms with E-state index < -0.39 is 0 Å². The number of aryl methyl sites for hydroxylation is 3. The zero-order chi connectivity index (χ0) is 12.4. The van der Waals surface area contributed by atoms with E-state index in [1.165, 1.54) is 0 Å². The van der Waals surface area contributed by atoms with Gasteiger partial charge < -0.3 is 5.32 Å². The minimum Gasteiger partial charge on any atom is -0.316 e. The first kappa shape index (κ1) is 11.7. The molecule has 2 aromatic heterocycles. The molecule has 17 heavy (non-hydrogen) atoms. The summed E-state index contributed by atoms with van der Waals surface area (Å²) in [5.41, 5.74) is 3.99. The Morgan fingerprint density at radius 1 is 1.24 bits per heavy atom. The number of nitrogens with one attached hydrogen (secondary N) is 1. The molecule has 0 aromatic carbocycles. The zero-order valence-corrected chi connectivity index (χ0v) is 10.7. The minimum absolute atomic E-state index is 0.695. The quantitative estimate of drug-likeness (QED) is 0.862. The summed E-state index contributed by atoms with van der Waals surface area (Å²) in [5.74, 6) is 0.695. The molecule has 0 aliphatic carbocycles. The first-order valence-electron chi connectivity index (χ1n) is 5.60. The highest BCUT2D eigenvalue weighted by Gasteiger charge is 2.10. The fourth-order valence-electron chi connectivity index (χ4n) is 1.82. The average molecular weight is 231 g/mol. The van der Waals surface area contributed by atoms with Crippen LogP contribution < -0.4 is 5.32 Å². The summed E-state index contributed by atoms with van der Waals surface area (Å²) in [7, 11) is 3.81. The molecule has 2 rings (SSSR count). The van der Waals surface area contributed by atoms with Crippen LogP contribution in [0.4, 0.5) is 0 Å². The van der Waals surface area contributed by atoms with Gasteiger partial charge in [0.2, 0.25) is 0 Å². The van der Waals surface area contributed by atoms with Crippen LogP contribution in [0.2, 0.25) is 0 Å². The number of rotatable bonds is 3. The molecule has 0 unspecified atom stereocenters. The van der Waals surface area contributed by atoms with Crippen LogP contribution in [0.25, 0.3) is 11.5 Å². The van der Waals surface area contributed by atoms with Crippen molar-refractivity contribution in [3.63, 3.8) is 0 Å². The molecule has 0 spiro atoms. The van der Waals surface area contributed by atoms with E-state index >= 15 is 0 Å². The Morgan fingerprint density at radius 2 is 1.88 bits per heavy atom. The molecule has 2 aromatic rings. The zero-order valence-electron chi connectivity index (χ0n) is 10.7. The lowest BCUT2D eigenvalue weighted by molar-refractivity contribution is 0.764. The van der Waals surface area contributed by atoms with Crippen LogP contribution in [-0.2, 0) is 13.6 Å². The largest absolute Gasteiger partial charge is 0.316 e. The van der Waals surface area contributed by atoms with E-state index in [0.717, 1.165) is 29.2 Å². The topological polar surface area (TPSA) is 55.6 Å². The van der Waals surface area contributed by atoms with Gasteiger partial charge in [-0.05, 0) is 27.0 Å². The van der Waals surface area contributed by atoms with Gasteiger partial charge in [0.25, 0.3) is 0 Å². The summed E-state index contributed by atoms with van der Waals surface area (Å²) in [6, 6.07) is 1.92. The summed E-state index contributed by atoms with van der Waals surface area (Å²) in [5, 5.41) is 7.44. The highest BCUT2D eigenvalue weighted by molar-refractivity contribution is 5.49. The van der Waals surface area contributed by atoms with Gasteiger partial charge >= 0.3 is 0 Å². The maximum absolute atomic E-state index is 4.51. The van der Waals surface area contributed by atoms with Crippen molar-refractivity contribution in [3.8, 4) is 11.5 Å². The predicted molar refractivity (Wildman–Crippen MR) is 66.5 cm³/mol. The maximum atomic E-state index is 4.51. The summed E-state index contributed by atoms with van der Waals surface area (Å²) in [4.78, 5) is 9.02. The van der Waals surface area contributed by atoms with Crippen molar-refractivity contribution in [2.75, 3.05) is 7.05 Å². The summed E-state index contributed by atoms with van der Waals surface area (Å²) in [6.45, 7) is 4.81. The fourth-order valence-corrected chi connectivity index (χ4v) is 1.82. The maximum Gasteiger partial charge on any atom is 0.180 e. The van der Waals surface area contributed by atoms with Crippen molar-refractivity contribution in [3.05, 3.63) is 29.2 Å². The molecule has 0 bridgehead atoms. The Hall–Kier alpha value is -1.75. The van der Waals surface area contributed by atoms with E-state index in [-0.39, 0.29) is 0 Å². The number of aromatic nitrogens is 4. The van der Waals surface area contributed by atoms with Crippen molar-refractivity contribution < 1.29 is 0 Å². The van der Waals surface area contributed by atoms with Crippen molar-refractivity contribution >= 4 is 0 Å². The first-order valence-corrected chi connectivity index (χ1v) is 5.60. The highest BCUT2D eigenvalue weighted by atomic mass is 15.3. The molecule has 0 aliphatic rings. The Kier molecular flexibility index (Phi) is 3.19. The minimum atomic E-state index is 0.695. The van der Waals surface area contributed by atoms with Gasteiger partial charge in [-0.25, -0.2) is 9.97 Å². The summed E-state index contributed by atoms with van der Waals surface area (Å²) < 4.78 is 1.75. The van der Waals surface area contributed by atoms with Crippen molar-refractivity contribution in [1.82, 2.24) is 25.1 Å². The molecule has 1 N–H and O–H groups in total. The van der Waals surface area contributed by atoms with Gasteiger partial charge in [0.1, 0.15) is 5.69 Å². The smallest absolute Gasteiger partial charge is 0.180 e. The standard InChI is InChI=1S/C12H17N5/c1-8-10(7-13-3)9(2)15-12(14-8)11-5-6-17(4)16-11/h5-6,13H,7H2,1-4H3. The van der Waals surface area contributed by atoms with E-state index in [1.54, 1.807) is 4.68 Å². The van der Waals surface area contributed by atoms with E-state index in [2.05, 4.69) is 20.4 Å². The van der Waals surface area contributed by atoms with Gasteiger partial charge in [0.05, 0.1) is 0 Å². The van der Waals surface area contributed by atoms with Gasteiger partial charge in [-0.15, -0.1) is 0 Å². The van der Waals surface area contributed by atoms with Gasteiger partial charge in [0.15, 0.2) is 5.82 Å². The van der Waals surface area contributed by atoms with Gasteiger partial charge in [0, 0.05) is 36.7 Å². The van der Waals surface area contributed by atoms with Crippen LogP contribution in [0.15, 0.2) is 12.3 Å². The van der Waals surface area contributed by atoms with Crippen LogP contribution in [0.5, 0.6) is 0 Å². The van der Waals surface area contributed by atoms with E-state index in [1.807, 2.05) is 40.2 Å². The monoisotopic (exact) mass is 231 g/mol. The molecule has 2 heterocycles. The van der Waals surface area contributed by atoms with Gasteiger partial charge in [-0.3, -0.25) is 4.68 Å². The molecule has 0 aliphatic heterocycles. The van der Waals surface area contributed by atoms with Crippen LogP contribution in [0.1, 0.15) is 17.0 Å². The number of hydrogen-bond donors (Lipinski definition) is 1. The molecule has 0 saturated carbocycles. The van der Waals surface area contributed by atoms with E-state index in [0.29, 0.717) is 5.82 Å². The first-order chi connectivity index (χ1) is 8.11. The second-order valence-corrected chi connectivity index (χ2v) is 4.10. The lowest BCUT2D eigenvalue weighted by atomic mass is 10.1. The van der Waals surface area contributed by atoms with Crippen molar-refractivity contribution in [1.29, 1.82) is 0 Å². The molecule has 0 atom stereocenters. The lowest BCUT2D eigenvalue weighted by Crippen LogP contribution is -2.11. The fraction of sp³-hybridized carbons (Fsp3) is 0.417. The number of hydrogen-bond acceptors (Lipinski definition) is 4. The average Bonchev–Trinajstić information content (AvgIpc) is 2.70. The lowest BCUT2D eigenvalue weighted by Gasteiger charge is -2.09. The molecule has 5 nitrogen and oxygen atoms in total. The molecule has 0 fully saturated rings. The third kappa shape index (κ3) is 2.34. The molecule has 5 heteroatoms. The molecule has 0 amide bonds. The highest BCUT2D eigenvalue weighted by Crippen LogP contribution is 2.16. The molecular formula is C12H17N5. The van der Waals surface area contributed by atoms with Crippen LogP contribution in [-0.4, -0.2) is 26.8 Å². The summed E-state index contributed by atoms with van der Waals surface area (Å²) in [6.07, 6.45) is 1.89. The van der Waals surface area contributed by atoms with Gasteiger partial charge in [-0.2, -0.15) is 5.10 Å². The Labute approximate surface area is 101 Å². The number of nitrogens with zero attached hydrogens (tertiary/aromatic N) is 4. The van der Waals surface area contributed by atoms with Crippen molar-refractivity contribution in [2.24, 2.45) is 7.05 Å². The SMILES string of the molecule is CNCc1c(C)nc(-c2ccn(C)n2)nc1C. The second kappa shape index (κ2) is 4.63. The Bertz CT molecular complexity index is 506. The van der Waals surface area contributed by atoms with Crippen LogP contribution in [0, 0.1) is 13.8 Å². The predicted octanol–water partition coefficient (Wildman–Crippen LogP) is 1.21. The second-order valence-electron chi connectivity index (χ2n) is 4.10. The molecule has 0 saturated heterocycles. The Morgan fingerprint density at radius 3 is 2.35 bits per heavy atom. The van der Waals surface area contributed by atoms with Crippen LogP contribution >= 0.6 is 0 Å². The molecule has 0 radical (unpaired) electrons.